The largest absolute Gasteiger partial charge is 0.497 e. The van der Waals surface area contributed by atoms with Crippen LogP contribution in [-0.4, -0.2) is 64.0 Å². The number of fused-ring (bicyclic) bond motifs is 4. The maximum absolute atomic E-state index is 12.0. The quantitative estimate of drug-likeness (QED) is 0.742. The first-order valence-electron chi connectivity index (χ1n) is 10.1. The highest BCUT2D eigenvalue weighted by molar-refractivity contribution is 5.84. The minimum Gasteiger partial charge on any atom is -0.497 e. The van der Waals surface area contributed by atoms with E-state index < -0.39 is 17.8 Å². The molecular formula is C22H28N2O5. The van der Waals surface area contributed by atoms with E-state index in [1.807, 2.05) is 24.3 Å². The van der Waals surface area contributed by atoms with E-state index in [2.05, 4.69) is 9.88 Å². The van der Waals surface area contributed by atoms with Gasteiger partial charge in [0.15, 0.2) is 0 Å². The molecule has 3 aliphatic heterocycles. The minimum absolute atomic E-state index is 0.0433. The molecule has 2 aromatic rings. The van der Waals surface area contributed by atoms with Crippen LogP contribution < -0.4 is 4.74 Å². The molecule has 7 heteroatoms. The number of rotatable bonds is 5. The minimum atomic E-state index is -1.13. The van der Waals surface area contributed by atoms with Crippen molar-refractivity contribution in [2.75, 3.05) is 20.2 Å². The van der Waals surface area contributed by atoms with Gasteiger partial charge in [0.25, 0.3) is 0 Å². The SMILES string of the molecule is COc1ccc2nccc([C@@H](OC(C)=O)[C@@H]3C[C@@H]4CCN3C[C@]4(O)[C@H](C)O)c2c1. The standard InChI is InChI=1S/C22H28N2O5/c1-13(25)22(27)12-24-9-7-15(22)10-20(24)21(29-14(2)26)17-6-8-23-19-5-4-16(28-3)11-18(17)19/h4-6,8,11,13,15,20-21,25,27H,7,9-10,12H2,1-3H3/t13-,15-,20-,21+,22-/m0/s1. The molecule has 3 saturated heterocycles. The summed E-state index contributed by atoms with van der Waals surface area (Å²) in [6.45, 7) is 4.22. The molecule has 1 aromatic heterocycles. The first kappa shape index (κ1) is 20.1. The number of methoxy groups -OCH3 is 1. The van der Waals surface area contributed by atoms with Gasteiger partial charge in [0.05, 0.1) is 24.8 Å². The van der Waals surface area contributed by atoms with Crippen molar-refractivity contribution in [2.45, 2.75) is 50.5 Å². The number of nitrogens with zero attached hydrogens (tertiary/aromatic N) is 2. The van der Waals surface area contributed by atoms with E-state index in [9.17, 15) is 15.0 Å². The molecule has 156 valence electrons. The second kappa shape index (κ2) is 7.55. The number of carbonyl (C=O) groups excluding carboxylic acids is 1. The van der Waals surface area contributed by atoms with Gasteiger partial charge in [0.1, 0.15) is 17.5 Å². The van der Waals surface area contributed by atoms with Gasteiger partial charge < -0.3 is 19.7 Å². The normalized spacial score (nSPS) is 30.7. The van der Waals surface area contributed by atoms with Gasteiger partial charge in [-0.15, -0.1) is 0 Å². The summed E-state index contributed by atoms with van der Waals surface area (Å²) in [5, 5.41) is 22.0. The second-order valence-corrected chi connectivity index (χ2v) is 8.24. The summed E-state index contributed by atoms with van der Waals surface area (Å²) in [6, 6.07) is 7.47. The third-order valence-electron chi connectivity index (χ3n) is 6.58. The van der Waals surface area contributed by atoms with Crippen LogP contribution in [0.15, 0.2) is 30.5 Å². The van der Waals surface area contributed by atoms with Crippen molar-refractivity contribution in [2.24, 2.45) is 5.92 Å². The molecule has 2 bridgehead atoms. The number of aliphatic hydroxyl groups is 2. The third kappa shape index (κ3) is 3.47. The average Bonchev–Trinajstić information content (AvgIpc) is 2.71. The van der Waals surface area contributed by atoms with E-state index in [0.29, 0.717) is 18.7 Å². The fourth-order valence-electron chi connectivity index (χ4n) is 4.99. The Bertz CT molecular complexity index is 917. The Kier molecular flexibility index (Phi) is 5.23. The van der Waals surface area contributed by atoms with E-state index in [-0.39, 0.29) is 17.9 Å². The summed E-state index contributed by atoms with van der Waals surface area (Å²) in [6.07, 6.45) is 1.88. The molecule has 5 rings (SSSR count). The zero-order chi connectivity index (χ0) is 20.8. The van der Waals surface area contributed by atoms with Crippen molar-refractivity contribution < 1.29 is 24.5 Å². The van der Waals surface area contributed by atoms with Gasteiger partial charge in [0, 0.05) is 30.6 Å². The predicted octanol–water partition coefficient (Wildman–Crippen LogP) is 2.05. The number of aliphatic hydroxyl groups excluding tert-OH is 1. The van der Waals surface area contributed by atoms with E-state index in [1.54, 1.807) is 20.2 Å². The molecule has 29 heavy (non-hydrogen) atoms. The highest BCUT2D eigenvalue weighted by Crippen LogP contribution is 2.46. The fraction of sp³-hybridized carbons (Fsp3) is 0.545. The molecule has 0 radical (unpaired) electrons. The summed E-state index contributed by atoms with van der Waals surface area (Å²) in [4.78, 5) is 18.6. The van der Waals surface area contributed by atoms with Crippen molar-refractivity contribution >= 4 is 16.9 Å². The third-order valence-corrected chi connectivity index (χ3v) is 6.58. The topological polar surface area (TPSA) is 92.1 Å². The van der Waals surface area contributed by atoms with Gasteiger partial charge in [-0.2, -0.15) is 0 Å². The lowest BCUT2D eigenvalue weighted by molar-refractivity contribution is -0.199. The first-order chi connectivity index (χ1) is 13.8. The van der Waals surface area contributed by atoms with Crippen LogP contribution in [0.2, 0.25) is 0 Å². The lowest BCUT2D eigenvalue weighted by Gasteiger charge is -2.56. The maximum Gasteiger partial charge on any atom is 0.303 e. The highest BCUT2D eigenvalue weighted by Gasteiger charge is 2.54. The Labute approximate surface area is 170 Å². The van der Waals surface area contributed by atoms with Crippen LogP contribution in [0, 0.1) is 5.92 Å². The van der Waals surface area contributed by atoms with Gasteiger partial charge in [-0.1, -0.05) is 0 Å². The van der Waals surface area contributed by atoms with Crippen LogP contribution in [0.5, 0.6) is 5.75 Å². The molecule has 0 saturated carbocycles. The molecule has 0 spiro atoms. The number of hydrogen-bond donors (Lipinski definition) is 2. The number of piperidine rings is 3. The lowest BCUT2D eigenvalue weighted by atomic mass is 9.68. The summed E-state index contributed by atoms with van der Waals surface area (Å²) >= 11 is 0. The van der Waals surface area contributed by atoms with Crippen LogP contribution in [0.3, 0.4) is 0 Å². The Balaban J connectivity index is 1.76. The predicted molar refractivity (Wildman–Crippen MR) is 108 cm³/mol. The summed E-state index contributed by atoms with van der Waals surface area (Å²) in [7, 11) is 1.61. The fourth-order valence-corrected chi connectivity index (χ4v) is 4.99. The number of hydrogen-bond acceptors (Lipinski definition) is 7. The van der Waals surface area contributed by atoms with Crippen molar-refractivity contribution in [3.05, 3.63) is 36.0 Å². The van der Waals surface area contributed by atoms with E-state index >= 15 is 0 Å². The number of carbonyl (C=O) groups is 1. The number of esters is 1. The first-order valence-corrected chi connectivity index (χ1v) is 10.1. The van der Waals surface area contributed by atoms with Gasteiger partial charge in [-0.3, -0.25) is 14.7 Å². The van der Waals surface area contributed by atoms with Crippen LogP contribution >= 0.6 is 0 Å². The van der Waals surface area contributed by atoms with Crippen molar-refractivity contribution in [1.82, 2.24) is 9.88 Å². The monoisotopic (exact) mass is 400 g/mol. The van der Waals surface area contributed by atoms with Crippen LogP contribution in [0.4, 0.5) is 0 Å². The van der Waals surface area contributed by atoms with Crippen LogP contribution in [-0.2, 0) is 9.53 Å². The van der Waals surface area contributed by atoms with E-state index in [4.69, 9.17) is 9.47 Å². The molecule has 0 amide bonds. The number of ether oxygens (including phenoxy) is 2. The Morgan fingerprint density at radius 2 is 2.17 bits per heavy atom. The molecule has 7 nitrogen and oxygen atoms in total. The van der Waals surface area contributed by atoms with Crippen LogP contribution in [0.1, 0.15) is 38.4 Å². The lowest BCUT2D eigenvalue weighted by Crippen LogP contribution is -2.67. The molecule has 3 aliphatic rings. The van der Waals surface area contributed by atoms with E-state index in [1.165, 1.54) is 6.92 Å². The molecule has 1 aromatic carbocycles. The number of aromatic nitrogens is 1. The van der Waals surface area contributed by atoms with Gasteiger partial charge in [-0.25, -0.2) is 0 Å². The zero-order valence-electron chi connectivity index (χ0n) is 17.0. The van der Waals surface area contributed by atoms with E-state index in [0.717, 1.165) is 29.4 Å². The van der Waals surface area contributed by atoms with Crippen LogP contribution in [0.25, 0.3) is 10.9 Å². The maximum atomic E-state index is 12.0. The Morgan fingerprint density at radius 1 is 1.38 bits per heavy atom. The van der Waals surface area contributed by atoms with Gasteiger partial charge in [-0.05, 0) is 56.5 Å². The Morgan fingerprint density at radius 3 is 2.79 bits per heavy atom. The number of benzene rings is 1. The van der Waals surface area contributed by atoms with Gasteiger partial charge >= 0.3 is 5.97 Å². The Hall–Kier alpha value is -2.22. The summed E-state index contributed by atoms with van der Waals surface area (Å²) in [5.41, 5.74) is 0.554. The van der Waals surface area contributed by atoms with Crippen molar-refractivity contribution in [1.29, 1.82) is 0 Å². The zero-order valence-corrected chi connectivity index (χ0v) is 17.0. The molecular weight excluding hydrogens is 372 g/mol. The highest BCUT2D eigenvalue weighted by atomic mass is 16.5. The summed E-state index contributed by atoms with van der Waals surface area (Å²) < 4.78 is 11.2. The molecule has 0 aliphatic carbocycles. The molecule has 1 unspecified atom stereocenters. The van der Waals surface area contributed by atoms with Gasteiger partial charge in [0.2, 0.25) is 0 Å². The smallest absolute Gasteiger partial charge is 0.303 e. The molecule has 3 fully saturated rings. The average molecular weight is 400 g/mol. The second-order valence-electron chi connectivity index (χ2n) is 8.24. The summed E-state index contributed by atoms with van der Waals surface area (Å²) in [5.74, 6) is 0.316. The molecule has 6 atom stereocenters. The number of pyridine rings is 1. The molecule has 4 heterocycles. The van der Waals surface area contributed by atoms with Crippen molar-refractivity contribution in [3.63, 3.8) is 0 Å². The van der Waals surface area contributed by atoms with Crippen molar-refractivity contribution in [3.8, 4) is 5.75 Å². The molecule has 2 N–H and O–H groups in total.